The first-order valence-corrected chi connectivity index (χ1v) is 10.2. The lowest BCUT2D eigenvalue weighted by atomic mass is 10.1. The molecule has 0 spiro atoms. The first-order chi connectivity index (χ1) is 13.6. The van der Waals surface area contributed by atoms with Crippen molar-refractivity contribution in [2.45, 2.75) is 32.5 Å². The SMILES string of the molecule is CCCN(Cc1ccc(-c2noc(C(F)(F)F)n2)cc1)S(=O)(=O)CCC(=O)OC. The van der Waals surface area contributed by atoms with E-state index in [1.165, 1.54) is 23.5 Å². The number of halogens is 3. The molecule has 0 aliphatic rings. The average Bonchev–Trinajstić information content (AvgIpc) is 3.17. The number of benzene rings is 1. The Kier molecular flexibility index (Phi) is 7.36. The molecule has 0 amide bonds. The number of carbonyl (C=O) groups is 1. The second-order valence-electron chi connectivity index (χ2n) is 6.09. The van der Waals surface area contributed by atoms with Crippen LogP contribution >= 0.6 is 0 Å². The van der Waals surface area contributed by atoms with Gasteiger partial charge in [0.1, 0.15) is 0 Å². The maximum atomic E-state index is 12.6. The van der Waals surface area contributed by atoms with Crippen LogP contribution in [0.2, 0.25) is 0 Å². The van der Waals surface area contributed by atoms with E-state index in [-0.39, 0.29) is 31.1 Å². The number of methoxy groups -OCH3 is 1. The molecule has 0 fully saturated rings. The van der Waals surface area contributed by atoms with E-state index >= 15 is 0 Å². The molecule has 0 unspecified atom stereocenters. The Morgan fingerprint density at radius 2 is 1.90 bits per heavy atom. The highest BCUT2D eigenvalue weighted by Gasteiger charge is 2.38. The molecule has 0 saturated heterocycles. The summed E-state index contributed by atoms with van der Waals surface area (Å²) in [6.07, 6.45) is -4.42. The van der Waals surface area contributed by atoms with Crippen LogP contribution < -0.4 is 0 Å². The Morgan fingerprint density at radius 1 is 1.24 bits per heavy atom. The molecule has 0 aliphatic carbocycles. The molecule has 29 heavy (non-hydrogen) atoms. The molecular formula is C17H20F3N3O5S. The summed E-state index contributed by atoms with van der Waals surface area (Å²) >= 11 is 0. The topological polar surface area (TPSA) is 103 Å². The van der Waals surface area contributed by atoms with E-state index in [4.69, 9.17) is 0 Å². The van der Waals surface area contributed by atoms with Crippen LogP contribution in [-0.4, -0.2) is 48.2 Å². The van der Waals surface area contributed by atoms with Crippen molar-refractivity contribution >= 4 is 16.0 Å². The van der Waals surface area contributed by atoms with Gasteiger partial charge in [-0.3, -0.25) is 4.79 Å². The quantitative estimate of drug-likeness (QED) is 0.558. The van der Waals surface area contributed by atoms with Crippen molar-refractivity contribution in [2.24, 2.45) is 0 Å². The van der Waals surface area contributed by atoms with Crippen LogP contribution in [0.1, 0.15) is 31.2 Å². The van der Waals surface area contributed by atoms with Crippen molar-refractivity contribution in [1.82, 2.24) is 14.4 Å². The number of rotatable bonds is 9. The molecular weight excluding hydrogens is 415 g/mol. The third kappa shape index (κ3) is 6.26. The maximum Gasteiger partial charge on any atom is 0.471 e. The summed E-state index contributed by atoms with van der Waals surface area (Å²) in [5.41, 5.74) is 0.909. The second kappa shape index (κ2) is 9.35. The van der Waals surface area contributed by atoms with E-state index < -0.39 is 28.1 Å². The van der Waals surface area contributed by atoms with Gasteiger partial charge in [0.15, 0.2) is 0 Å². The Bertz CT molecular complexity index is 927. The molecule has 0 bridgehead atoms. The molecule has 0 aliphatic heterocycles. The normalized spacial score (nSPS) is 12.3. The number of carbonyl (C=O) groups excluding carboxylic acids is 1. The van der Waals surface area contributed by atoms with Crippen molar-refractivity contribution in [3.8, 4) is 11.4 Å². The fourth-order valence-electron chi connectivity index (χ4n) is 2.43. The first-order valence-electron chi connectivity index (χ1n) is 8.61. The molecule has 2 rings (SSSR count). The molecule has 8 nitrogen and oxygen atoms in total. The van der Waals surface area contributed by atoms with Gasteiger partial charge < -0.3 is 9.26 Å². The number of sulfonamides is 1. The molecule has 2 aromatic rings. The minimum atomic E-state index is -4.73. The maximum absolute atomic E-state index is 12.6. The zero-order chi connectivity index (χ0) is 21.7. The number of ether oxygens (including phenoxy) is 1. The van der Waals surface area contributed by atoms with Crippen molar-refractivity contribution in [1.29, 1.82) is 0 Å². The number of hydrogen-bond donors (Lipinski definition) is 0. The fraction of sp³-hybridized carbons (Fsp3) is 0.471. The van der Waals surface area contributed by atoms with E-state index in [9.17, 15) is 26.4 Å². The van der Waals surface area contributed by atoms with Crippen LogP contribution in [0.3, 0.4) is 0 Å². The van der Waals surface area contributed by atoms with Crippen LogP contribution in [-0.2, 0) is 32.3 Å². The molecule has 0 saturated carbocycles. The van der Waals surface area contributed by atoms with Crippen LogP contribution in [0.15, 0.2) is 28.8 Å². The number of esters is 1. The molecule has 1 aromatic heterocycles. The standard InChI is InChI=1S/C17H20F3N3O5S/c1-3-9-23(29(25,26)10-8-14(24)27-2)11-12-4-6-13(7-5-12)15-21-16(28-22-15)17(18,19)20/h4-7H,3,8-11H2,1-2H3. The monoisotopic (exact) mass is 435 g/mol. The number of alkyl halides is 3. The minimum Gasteiger partial charge on any atom is -0.469 e. The fourth-order valence-corrected chi connectivity index (χ4v) is 3.92. The summed E-state index contributed by atoms with van der Waals surface area (Å²) in [5.74, 6) is -2.66. The Morgan fingerprint density at radius 3 is 2.41 bits per heavy atom. The Balaban J connectivity index is 2.13. The molecule has 0 atom stereocenters. The van der Waals surface area contributed by atoms with Crippen LogP contribution in [0.5, 0.6) is 0 Å². The average molecular weight is 435 g/mol. The van der Waals surface area contributed by atoms with Gasteiger partial charge in [0, 0.05) is 18.7 Å². The van der Waals surface area contributed by atoms with Crippen LogP contribution in [0.25, 0.3) is 11.4 Å². The zero-order valence-corrected chi connectivity index (χ0v) is 16.6. The highest BCUT2D eigenvalue weighted by Crippen LogP contribution is 2.29. The van der Waals surface area contributed by atoms with Gasteiger partial charge in [0.2, 0.25) is 15.8 Å². The van der Waals surface area contributed by atoms with E-state index in [1.54, 1.807) is 12.1 Å². The minimum absolute atomic E-state index is 0.0532. The summed E-state index contributed by atoms with van der Waals surface area (Å²) in [6.45, 7) is 2.13. The lowest BCUT2D eigenvalue weighted by molar-refractivity contribution is -0.159. The highest BCUT2D eigenvalue weighted by atomic mass is 32.2. The summed E-state index contributed by atoms with van der Waals surface area (Å²) in [6, 6.07) is 6.09. The van der Waals surface area contributed by atoms with Crippen molar-refractivity contribution in [3.05, 3.63) is 35.7 Å². The van der Waals surface area contributed by atoms with Gasteiger partial charge in [0.25, 0.3) is 0 Å². The van der Waals surface area contributed by atoms with Gasteiger partial charge in [-0.05, 0) is 12.0 Å². The predicted octanol–water partition coefficient (Wildman–Crippen LogP) is 2.86. The first kappa shape index (κ1) is 22.8. The van der Waals surface area contributed by atoms with Crippen LogP contribution in [0, 0.1) is 0 Å². The summed E-state index contributed by atoms with van der Waals surface area (Å²) in [5, 5.41) is 3.30. The van der Waals surface area contributed by atoms with E-state index in [1.807, 2.05) is 6.92 Å². The lowest BCUT2D eigenvalue weighted by Gasteiger charge is -2.21. The van der Waals surface area contributed by atoms with Crippen molar-refractivity contribution in [2.75, 3.05) is 19.4 Å². The summed E-state index contributed by atoms with van der Waals surface area (Å²) in [4.78, 5) is 14.5. The summed E-state index contributed by atoms with van der Waals surface area (Å²) in [7, 11) is -2.51. The molecule has 160 valence electrons. The second-order valence-corrected chi connectivity index (χ2v) is 8.18. The smallest absolute Gasteiger partial charge is 0.469 e. The number of aromatic nitrogens is 2. The molecule has 0 N–H and O–H groups in total. The van der Waals surface area contributed by atoms with E-state index in [0.29, 0.717) is 17.5 Å². The molecule has 1 heterocycles. The highest BCUT2D eigenvalue weighted by molar-refractivity contribution is 7.89. The van der Waals surface area contributed by atoms with Crippen LogP contribution in [0.4, 0.5) is 13.2 Å². The summed E-state index contributed by atoms with van der Waals surface area (Å²) < 4.78 is 72.6. The Labute approximate surface area is 165 Å². The Hall–Kier alpha value is -2.47. The van der Waals surface area contributed by atoms with Crippen molar-refractivity contribution < 1.29 is 35.6 Å². The third-order valence-electron chi connectivity index (χ3n) is 3.90. The molecule has 12 heteroatoms. The van der Waals surface area contributed by atoms with Gasteiger partial charge in [0.05, 0.1) is 19.3 Å². The molecule has 1 aromatic carbocycles. The van der Waals surface area contributed by atoms with Gasteiger partial charge in [-0.15, -0.1) is 0 Å². The molecule has 0 radical (unpaired) electrons. The predicted molar refractivity (Wildman–Crippen MR) is 95.9 cm³/mol. The van der Waals surface area contributed by atoms with Gasteiger partial charge in [-0.1, -0.05) is 36.3 Å². The number of nitrogens with zero attached hydrogens (tertiary/aromatic N) is 3. The number of hydrogen-bond acceptors (Lipinski definition) is 7. The van der Waals surface area contributed by atoms with Crippen molar-refractivity contribution in [3.63, 3.8) is 0 Å². The third-order valence-corrected chi connectivity index (χ3v) is 5.72. The van der Waals surface area contributed by atoms with Gasteiger partial charge >= 0.3 is 18.0 Å². The largest absolute Gasteiger partial charge is 0.471 e. The lowest BCUT2D eigenvalue weighted by Crippen LogP contribution is -2.34. The van der Waals surface area contributed by atoms with Gasteiger partial charge in [-0.25, -0.2) is 8.42 Å². The van der Waals surface area contributed by atoms with E-state index in [0.717, 1.165) is 0 Å². The van der Waals surface area contributed by atoms with Gasteiger partial charge in [-0.2, -0.15) is 22.5 Å². The zero-order valence-electron chi connectivity index (χ0n) is 15.8. The van der Waals surface area contributed by atoms with E-state index in [2.05, 4.69) is 19.4 Å².